The maximum Gasteiger partial charge on any atom is 0.117 e. The maximum atomic E-state index is 8.65. The molecule has 0 saturated heterocycles. The summed E-state index contributed by atoms with van der Waals surface area (Å²) in [5, 5.41) is 21.1. The Morgan fingerprint density at radius 3 is 2.64 bits per heavy atom. The first-order valence-corrected chi connectivity index (χ1v) is 7.63. The van der Waals surface area contributed by atoms with Crippen LogP contribution in [0, 0.1) is 0 Å². The van der Waals surface area contributed by atoms with Crippen molar-refractivity contribution >= 4 is 0 Å². The highest BCUT2D eigenvalue weighted by Gasteiger charge is 2.14. The topological polar surface area (TPSA) is 72.2 Å². The number of rotatable bonds is 9. The van der Waals surface area contributed by atoms with E-state index >= 15 is 0 Å². The van der Waals surface area contributed by atoms with Gasteiger partial charge in [-0.25, -0.2) is 0 Å². The molecule has 1 heterocycles. The van der Waals surface area contributed by atoms with Crippen molar-refractivity contribution in [3.05, 3.63) is 36.0 Å². The molecule has 0 amide bonds. The van der Waals surface area contributed by atoms with Crippen LogP contribution in [0.25, 0.3) is 11.3 Å². The smallest absolute Gasteiger partial charge is 0.117 e. The van der Waals surface area contributed by atoms with Crippen molar-refractivity contribution in [1.29, 1.82) is 0 Å². The van der Waals surface area contributed by atoms with Crippen molar-refractivity contribution in [1.82, 2.24) is 20.3 Å². The quantitative estimate of drug-likeness (QED) is 0.689. The fraction of sp³-hybridized carbons (Fsp3) is 0.500. The number of ether oxygens (including phenoxy) is 1. The summed E-state index contributed by atoms with van der Waals surface area (Å²) in [6.45, 7) is 6.48. The first kappa shape index (κ1) is 16.6. The van der Waals surface area contributed by atoms with Crippen LogP contribution >= 0.6 is 0 Å². The monoisotopic (exact) mass is 304 g/mol. The van der Waals surface area contributed by atoms with Gasteiger partial charge in [0.15, 0.2) is 0 Å². The largest absolute Gasteiger partial charge is 0.394 e. The molecule has 0 fully saturated rings. The Morgan fingerprint density at radius 2 is 1.95 bits per heavy atom. The Bertz CT molecular complexity index is 555. The van der Waals surface area contributed by atoms with E-state index in [2.05, 4.69) is 29.4 Å². The molecular weight excluding hydrogens is 280 g/mol. The second-order valence-corrected chi connectivity index (χ2v) is 5.29. The lowest BCUT2D eigenvalue weighted by Gasteiger charge is -2.05. The summed E-state index contributed by atoms with van der Waals surface area (Å²) in [5.41, 5.74) is 2.92. The molecule has 0 atom stereocenters. The van der Waals surface area contributed by atoms with Crippen LogP contribution in [0.4, 0.5) is 0 Å². The maximum absolute atomic E-state index is 8.65. The molecule has 1 aromatic carbocycles. The summed E-state index contributed by atoms with van der Waals surface area (Å²) >= 11 is 0. The number of aliphatic hydroxyl groups is 1. The summed E-state index contributed by atoms with van der Waals surface area (Å²) in [7, 11) is 0. The lowest BCUT2D eigenvalue weighted by Crippen LogP contribution is -2.20. The van der Waals surface area contributed by atoms with Crippen molar-refractivity contribution < 1.29 is 9.84 Å². The van der Waals surface area contributed by atoms with Gasteiger partial charge < -0.3 is 15.2 Å². The summed E-state index contributed by atoms with van der Waals surface area (Å²) in [4.78, 5) is 1.75. The molecule has 0 bridgehead atoms. The second-order valence-electron chi connectivity index (χ2n) is 5.29. The Morgan fingerprint density at radius 1 is 1.18 bits per heavy atom. The fourth-order valence-corrected chi connectivity index (χ4v) is 2.04. The van der Waals surface area contributed by atoms with Crippen molar-refractivity contribution in [2.24, 2.45) is 0 Å². The molecule has 0 saturated carbocycles. The number of benzene rings is 1. The normalized spacial score (nSPS) is 11.3. The third kappa shape index (κ3) is 4.62. The lowest BCUT2D eigenvalue weighted by molar-refractivity contribution is 0.0937. The van der Waals surface area contributed by atoms with Crippen LogP contribution in [0.15, 0.2) is 30.3 Å². The Balaban J connectivity index is 2.02. The van der Waals surface area contributed by atoms with Gasteiger partial charge in [-0.2, -0.15) is 15.0 Å². The minimum atomic E-state index is 0.0564. The average Bonchev–Trinajstić information content (AvgIpc) is 2.96. The molecule has 0 aliphatic carbocycles. The number of nitrogens with zero attached hydrogens (tertiary/aromatic N) is 3. The van der Waals surface area contributed by atoms with E-state index in [9.17, 15) is 0 Å². The molecule has 0 spiro atoms. The van der Waals surface area contributed by atoms with Gasteiger partial charge in [0.1, 0.15) is 11.4 Å². The Labute approximate surface area is 131 Å². The van der Waals surface area contributed by atoms with E-state index in [1.54, 1.807) is 4.80 Å². The van der Waals surface area contributed by atoms with Gasteiger partial charge in [0.2, 0.25) is 0 Å². The van der Waals surface area contributed by atoms with Crippen molar-refractivity contribution in [2.45, 2.75) is 26.4 Å². The molecule has 2 N–H and O–H groups in total. The van der Waals surface area contributed by atoms with E-state index in [1.807, 2.05) is 30.3 Å². The minimum Gasteiger partial charge on any atom is -0.394 e. The molecule has 0 aliphatic rings. The number of nitrogens with one attached hydrogen (secondary N) is 1. The number of aliphatic hydroxyl groups excluding tert-OH is 1. The predicted molar refractivity (Wildman–Crippen MR) is 85.5 cm³/mol. The third-order valence-corrected chi connectivity index (χ3v) is 3.16. The van der Waals surface area contributed by atoms with Crippen LogP contribution < -0.4 is 5.32 Å². The average molecular weight is 304 g/mol. The minimum absolute atomic E-state index is 0.0564. The first-order valence-electron chi connectivity index (χ1n) is 7.63. The highest BCUT2D eigenvalue weighted by Crippen LogP contribution is 2.21. The molecule has 0 radical (unpaired) electrons. The summed E-state index contributed by atoms with van der Waals surface area (Å²) in [6, 6.07) is 10.3. The molecule has 1 aromatic heterocycles. The van der Waals surface area contributed by atoms with E-state index in [0.717, 1.165) is 17.0 Å². The van der Waals surface area contributed by atoms with E-state index in [0.29, 0.717) is 26.3 Å². The van der Waals surface area contributed by atoms with Crippen LogP contribution in [0.3, 0.4) is 0 Å². The van der Waals surface area contributed by atoms with Crippen LogP contribution in [-0.4, -0.2) is 46.5 Å². The van der Waals surface area contributed by atoms with Crippen LogP contribution in [-0.2, 0) is 11.3 Å². The van der Waals surface area contributed by atoms with Gasteiger partial charge in [0.25, 0.3) is 0 Å². The summed E-state index contributed by atoms with van der Waals surface area (Å²) in [5.74, 6) is 0. The van der Waals surface area contributed by atoms with E-state index in [1.165, 1.54) is 0 Å². The molecule has 22 heavy (non-hydrogen) atoms. The van der Waals surface area contributed by atoms with Gasteiger partial charge in [-0.1, -0.05) is 30.3 Å². The van der Waals surface area contributed by atoms with Crippen molar-refractivity contribution in [3.63, 3.8) is 0 Å². The van der Waals surface area contributed by atoms with Crippen LogP contribution in [0.2, 0.25) is 0 Å². The molecule has 2 aromatic rings. The molecule has 2 rings (SSSR count). The molecule has 120 valence electrons. The highest BCUT2D eigenvalue weighted by atomic mass is 16.5. The highest BCUT2D eigenvalue weighted by molar-refractivity contribution is 5.60. The van der Waals surface area contributed by atoms with Crippen molar-refractivity contribution in [3.8, 4) is 11.3 Å². The first-order chi connectivity index (χ1) is 10.7. The summed E-state index contributed by atoms with van der Waals surface area (Å²) in [6.07, 6.45) is 0. The van der Waals surface area contributed by atoms with Gasteiger partial charge in [-0.15, -0.1) is 0 Å². The van der Waals surface area contributed by atoms with Gasteiger partial charge in [0.05, 0.1) is 25.9 Å². The zero-order valence-electron chi connectivity index (χ0n) is 13.2. The van der Waals surface area contributed by atoms with Gasteiger partial charge in [-0.3, -0.25) is 0 Å². The zero-order valence-corrected chi connectivity index (χ0v) is 13.2. The van der Waals surface area contributed by atoms with Crippen LogP contribution in [0.5, 0.6) is 0 Å². The number of aromatic nitrogens is 3. The molecular formula is C16H24N4O2. The summed E-state index contributed by atoms with van der Waals surface area (Å²) < 4.78 is 5.23. The van der Waals surface area contributed by atoms with E-state index in [-0.39, 0.29) is 12.6 Å². The SMILES string of the molecule is CC(C)n1nc(CNCCOCCO)c(-c2ccccc2)n1. The van der Waals surface area contributed by atoms with Gasteiger partial charge >= 0.3 is 0 Å². The molecule has 0 unspecified atom stereocenters. The zero-order chi connectivity index (χ0) is 15.8. The molecule has 6 heteroatoms. The third-order valence-electron chi connectivity index (χ3n) is 3.16. The predicted octanol–water partition coefficient (Wildman–Crippen LogP) is 1.62. The van der Waals surface area contributed by atoms with Gasteiger partial charge in [-0.05, 0) is 13.8 Å². The number of hydrogen-bond donors (Lipinski definition) is 2. The fourth-order valence-electron chi connectivity index (χ4n) is 2.04. The Hall–Kier alpha value is -1.76. The molecule has 6 nitrogen and oxygen atoms in total. The van der Waals surface area contributed by atoms with E-state index in [4.69, 9.17) is 9.84 Å². The Kier molecular flexibility index (Phi) is 6.51. The lowest BCUT2D eigenvalue weighted by atomic mass is 10.1. The van der Waals surface area contributed by atoms with E-state index < -0.39 is 0 Å². The standard InChI is InChI=1S/C16H24N4O2/c1-13(2)20-18-15(12-17-8-10-22-11-9-21)16(19-20)14-6-4-3-5-7-14/h3-7,13,17,21H,8-12H2,1-2H3. The molecule has 0 aliphatic heterocycles. The van der Waals surface area contributed by atoms with Gasteiger partial charge in [0, 0.05) is 18.7 Å². The second kappa shape index (κ2) is 8.63. The van der Waals surface area contributed by atoms with Crippen molar-refractivity contribution in [2.75, 3.05) is 26.4 Å². The number of hydrogen-bond acceptors (Lipinski definition) is 5. The van der Waals surface area contributed by atoms with Crippen LogP contribution in [0.1, 0.15) is 25.6 Å².